The van der Waals surface area contributed by atoms with Crippen molar-refractivity contribution in [2.24, 2.45) is 5.73 Å². The van der Waals surface area contributed by atoms with Gasteiger partial charge in [0.05, 0.1) is 11.0 Å². The van der Waals surface area contributed by atoms with Crippen molar-refractivity contribution >= 4 is 28.9 Å². The molecule has 1 atom stereocenters. The van der Waals surface area contributed by atoms with E-state index in [9.17, 15) is 14.9 Å². The molecule has 92 valence electrons. The van der Waals surface area contributed by atoms with E-state index in [1.54, 1.807) is 6.92 Å². The van der Waals surface area contributed by atoms with Crippen LogP contribution in [0.5, 0.6) is 0 Å². The van der Waals surface area contributed by atoms with Crippen molar-refractivity contribution in [3.05, 3.63) is 33.3 Å². The van der Waals surface area contributed by atoms with Crippen LogP contribution in [0, 0.1) is 10.1 Å². The molecule has 0 saturated heterocycles. The van der Waals surface area contributed by atoms with Crippen molar-refractivity contribution in [1.29, 1.82) is 0 Å². The molecule has 0 aliphatic rings. The van der Waals surface area contributed by atoms with E-state index < -0.39 is 11.0 Å². The zero-order valence-corrected chi connectivity index (χ0v) is 9.90. The van der Waals surface area contributed by atoms with Crippen molar-refractivity contribution in [2.75, 3.05) is 5.32 Å². The summed E-state index contributed by atoms with van der Waals surface area (Å²) >= 11 is 5.64. The summed E-state index contributed by atoms with van der Waals surface area (Å²) in [6.07, 6.45) is 0.488. The number of hydrogen-bond acceptors (Lipinski definition) is 4. The number of nitrogens with two attached hydrogens (primary N) is 1. The number of nitrogens with zero attached hydrogens (tertiary/aromatic N) is 1. The first-order valence-corrected chi connectivity index (χ1v) is 5.34. The smallest absolute Gasteiger partial charge is 0.289 e. The molecule has 0 bridgehead atoms. The van der Waals surface area contributed by atoms with Gasteiger partial charge in [0.1, 0.15) is 5.02 Å². The Bertz CT molecular complexity index is 450. The zero-order valence-electron chi connectivity index (χ0n) is 9.14. The van der Waals surface area contributed by atoms with Gasteiger partial charge in [-0.05, 0) is 18.6 Å². The number of benzene rings is 1. The highest BCUT2D eigenvalue weighted by Crippen LogP contribution is 2.27. The molecule has 17 heavy (non-hydrogen) atoms. The van der Waals surface area contributed by atoms with Gasteiger partial charge in [-0.2, -0.15) is 0 Å². The van der Waals surface area contributed by atoms with Gasteiger partial charge in [-0.15, -0.1) is 0 Å². The number of anilines is 1. The van der Waals surface area contributed by atoms with Crippen molar-refractivity contribution < 1.29 is 9.72 Å². The van der Waals surface area contributed by atoms with Crippen LogP contribution in [0.1, 0.15) is 13.3 Å². The maximum Gasteiger partial charge on any atom is 0.289 e. The third-order valence-electron chi connectivity index (χ3n) is 2.19. The molecule has 0 saturated carbocycles. The summed E-state index contributed by atoms with van der Waals surface area (Å²) in [5, 5.41) is 13.1. The minimum Gasteiger partial charge on any atom is -0.324 e. The molecule has 0 aromatic heterocycles. The summed E-state index contributed by atoms with van der Waals surface area (Å²) in [6.45, 7) is 1.77. The van der Waals surface area contributed by atoms with E-state index in [1.165, 1.54) is 18.2 Å². The number of hydrogen-bond donors (Lipinski definition) is 2. The molecular formula is C10H12ClN3O3. The number of carbonyl (C=O) groups excluding carboxylic acids is 1. The van der Waals surface area contributed by atoms with Gasteiger partial charge in [-0.3, -0.25) is 14.9 Å². The lowest BCUT2D eigenvalue weighted by Crippen LogP contribution is -2.34. The van der Waals surface area contributed by atoms with E-state index in [2.05, 4.69) is 5.32 Å². The van der Waals surface area contributed by atoms with Gasteiger partial charge >= 0.3 is 0 Å². The molecule has 0 aliphatic carbocycles. The zero-order chi connectivity index (χ0) is 13.0. The van der Waals surface area contributed by atoms with Gasteiger partial charge in [-0.1, -0.05) is 18.5 Å². The van der Waals surface area contributed by atoms with Crippen molar-refractivity contribution in [3.63, 3.8) is 0 Å². The van der Waals surface area contributed by atoms with Gasteiger partial charge < -0.3 is 11.1 Å². The van der Waals surface area contributed by atoms with E-state index in [4.69, 9.17) is 17.3 Å². The fourth-order valence-corrected chi connectivity index (χ4v) is 1.34. The van der Waals surface area contributed by atoms with Crippen LogP contribution in [-0.4, -0.2) is 16.9 Å². The Morgan fingerprint density at radius 3 is 2.82 bits per heavy atom. The maximum atomic E-state index is 11.5. The summed E-state index contributed by atoms with van der Waals surface area (Å²) in [5.41, 5.74) is 5.57. The SMILES string of the molecule is CCC(N)C(=O)Nc1ccc(Cl)c([N+](=O)[O-])c1. The molecule has 7 heteroatoms. The highest BCUT2D eigenvalue weighted by atomic mass is 35.5. The topological polar surface area (TPSA) is 98.3 Å². The van der Waals surface area contributed by atoms with E-state index in [-0.39, 0.29) is 16.6 Å². The van der Waals surface area contributed by atoms with Crippen LogP contribution in [-0.2, 0) is 4.79 Å². The average molecular weight is 258 g/mol. The van der Waals surface area contributed by atoms with Crippen LogP contribution in [0.3, 0.4) is 0 Å². The van der Waals surface area contributed by atoms with Gasteiger partial charge in [0.15, 0.2) is 0 Å². The lowest BCUT2D eigenvalue weighted by atomic mass is 10.2. The molecule has 1 aromatic carbocycles. The van der Waals surface area contributed by atoms with Crippen LogP contribution in [0.25, 0.3) is 0 Å². The van der Waals surface area contributed by atoms with Crippen molar-refractivity contribution in [1.82, 2.24) is 0 Å². The summed E-state index contributed by atoms with van der Waals surface area (Å²) in [7, 11) is 0. The molecule has 0 fully saturated rings. The Balaban J connectivity index is 2.90. The standard InChI is InChI=1S/C10H12ClN3O3/c1-2-8(12)10(15)13-6-3-4-7(11)9(5-6)14(16)17/h3-5,8H,2,12H2,1H3,(H,13,15). The summed E-state index contributed by atoms with van der Waals surface area (Å²) < 4.78 is 0. The minimum absolute atomic E-state index is 0.0211. The lowest BCUT2D eigenvalue weighted by molar-refractivity contribution is -0.384. The maximum absolute atomic E-state index is 11.5. The third-order valence-corrected chi connectivity index (χ3v) is 2.51. The molecule has 0 aliphatic heterocycles. The first-order valence-electron chi connectivity index (χ1n) is 4.96. The normalized spacial score (nSPS) is 11.9. The Kier molecular flexibility index (Phi) is 4.42. The second-order valence-corrected chi connectivity index (χ2v) is 3.83. The van der Waals surface area contributed by atoms with Gasteiger partial charge in [0, 0.05) is 11.8 Å². The summed E-state index contributed by atoms with van der Waals surface area (Å²) in [5.74, 6) is -0.385. The van der Waals surface area contributed by atoms with Crippen LogP contribution in [0.15, 0.2) is 18.2 Å². The average Bonchev–Trinajstić information content (AvgIpc) is 2.30. The van der Waals surface area contributed by atoms with Crippen LogP contribution in [0.4, 0.5) is 11.4 Å². The van der Waals surface area contributed by atoms with Crippen molar-refractivity contribution in [2.45, 2.75) is 19.4 Å². The summed E-state index contributed by atoms with van der Waals surface area (Å²) in [6, 6.07) is 3.40. The Hall–Kier alpha value is -1.66. The van der Waals surface area contributed by atoms with E-state index in [0.717, 1.165) is 0 Å². The van der Waals surface area contributed by atoms with Gasteiger partial charge in [0.2, 0.25) is 5.91 Å². The second-order valence-electron chi connectivity index (χ2n) is 3.43. The van der Waals surface area contributed by atoms with E-state index in [0.29, 0.717) is 12.1 Å². The molecule has 1 aromatic rings. The highest BCUT2D eigenvalue weighted by molar-refractivity contribution is 6.32. The van der Waals surface area contributed by atoms with Crippen LogP contribution < -0.4 is 11.1 Å². The fraction of sp³-hybridized carbons (Fsp3) is 0.300. The molecule has 1 unspecified atom stereocenters. The number of nitrogens with one attached hydrogen (secondary N) is 1. The minimum atomic E-state index is -0.635. The summed E-state index contributed by atoms with van der Waals surface area (Å²) in [4.78, 5) is 21.5. The molecule has 0 heterocycles. The number of nitro groups is 1. The van der Waals surface area contributed by atoms with Gasteiger partial charge in [0.25, 0.3) is 5.69 Å². The monoisotopic (exact) mass is 257 g/mol. The number of halogens is 1. The van der Waals surface area contributed by atoms with Crippen LogP contribution >= 0.6 is 11.6 Å². The molecule has 1 rings (SSSR count). The largest absolute Gasteiger partial charge is 0.324 e. The third kappa shape index (κ3) is 3.40. The van der Waals surface area contributed by atoms with E-state index >= 15 is 0 Å². The predicted molar refractivity (Wildman–Crippen MR) is 65.0 cm³/mol. The van der Waals surface area contributed by atoms with E-state index in [1.807, 2.05) is 0 Å². The Morgan fingerprint density at radius 2 is 2.29 bits per heavy atom. The van der Waals surface area contributed by atoms with Crippen molar-refractivity contribution in [3.8, 4) is 0 Å². The van der Waals surface area contributed by atoms with Crippen LogP contribution in [0.2, 0.25) is 5.02 Å². The first-order chi connectivity index (χ1) is 7.95. The number of carbonyl (C=O) groups is 1. The number of rotatable bonds is 4. The molecule has 0 radical (unpaired) electrons. The predicted octanol–water partition coefficient (Wildman–Crippen LogP) is 1.92. The number of amides is 1. The highest BCUT2D eigenvalue weighted by Gasteiger charge is 2.15. The fourth-order valence-electron chi connectivity index (χ4n) is 1.15. The molecular weight excluding hydrogens is 246 g/mol. The Labute approximate surface area is 103 Å². The first kappa shape index (κ1) is 13.4. The quantitative estimate of drug-likeness (QED) is 0.636. The molecule has 3 N–H and O–H groups in total. The van der Waals surface area contributed by atoms with Gasteiger partial charge in [-0.25, -0.2) is 0 Å². The number of nitro benzene ring substituents is 1. The molecule has 0 spiro atoms. The molecule has 6 nitrogen and oxygen atoms in total. The second kappa shape index (κ2) is 5.60. The molecule has 1 amide bonds. The Morgan fingerprint density at radius 1 is 1.65 bits per heavy atom. The lowest BCUT2D eigenvalue weighted by Gasteiger charge is -2.09.